The molecule has 0 spiro atoms. The summed E-state index contributed by atoms with van der Waals surface area (Å²) in [7, 11) is 0. The summed E-state index contributed by atoms with van der Waals surface area (Å²) in [6.45, 7) is 5.03. The van der Waals surface area contributed by atoms with E-state index in [1.54, 1.807) is 0 Å². The van der Waals surface area contributed by atoms with Crippen molar-refractivity contribution in [3.05, 3.63) is 65.9 Å². The van der Waals surface area contributed by atoms with Crippen molar-refractivity contribution < 1.29 is 4.74 Å². The quantitative estimate of drug-likeness (QED) is 0.659. The van der Waals surface area contributed by atoms with Gasteiger partial charge < -0.3 is 9.64 Å². The fraction of sp³-hybridized carbons (Fsp3) is 0.318. The molecule has 4 rings (SSSR count). The number of aryl methyl sites for hydroxylation is 1. The van der Waals surface area contributed by atoms with Crippen LogP contribution < -0.4 is 9.64 Å². The highest BCUT2D eigenvalue weighted by Crippen LogP contribution is 2.29. The summed E-state index contributed by atoms with van der Waals surface area (Å²) in [4.78, 5) is 7.04. The Bertz CT molecular complexity index is 852. The molecule has 0 bridgehead atoms. The number of benzene rings is 2. The monoisotopic (exact) mass is 332 g/mol. The third-order valence-corrected chi connectivity index (χ3v) is 4.97. The van der Waals surface area contributed by atoms with E-state index in [-0.39, 0.29) is 0 Å². The number of rotatable bonds is 5. The zero-order chi connectivity index (χ0) is 17.1. The lowest BCUT2D eigenvalue weighted by molar-refractivity contribution is 0.306. The Kier molecular flexibility index (Phi) is 4.55. The lowest BCUT2D eigenvalue weighted by Gasteiger charge is -2.19. The van der Waals surface area contributed by atoms with Gasteiger partial charge in [0.2, 0.25) is 0 Å². The molecule has 0 aliphatic carbocycles. The number of fused-ring (bicyclic) bond motifs is 1. The second kappa shape index (κ2) is 7.14. The molecule has 0 amide bonds. The maximum Gasteiger partial charge on any atom is 0.119 e. The number of nitrogens with zero attached hydrogens (tertiary/aromatic N) is 2. The van der Waals surface area contributed by atoms with Gasteiger partial charge in [-0.3, -0.25) is 4.98 Å². The van der Waals surface area contributed by atoms with Crippen LogP contribution in [-0.4, -0.2) is 18.1 Å². The standard InChI is InChI=1S/C22H24N2O/c1-2-17-5-8-19(9-6-17)25-16-18-7-10-20-21(15-18)23-12-11-22(20)24-13-3-4-14-24/h5-12,15H,2-4,13-14,16H2,1H3. The first-order valence-electron chi connectivity index (χ1n) is 9.18. The Labute approximate surface area is 149 Å². The fourth-order valence-corrected chi connectivity index (χ4v) is 3.49. The normalized spacial score (nSPS) is 14.2. The van der Waals surface area contributed by atoms with Gasteiger partial charge in [0.05, 0.1) is 5.52 Å². The molecule has 3 aromatic rings. The summed E-state index contributed by atoms with van der Waals surface area (Å²) in [5.74, 6) is 0.913. The maximum atomic E-state index is 5.93. The number of hydrogen-bond donors (Lipinski definition) is 0. The molecule has 3 nitrogen and oxygen atoms in total. The van der Waals surface area contributed by atoms with Crippen molar-refractivity contribution in [2.75, 3.05) is 18.0 Å². The van der Waals surface area contributed by atoms with Crippen molar-refractivity contribution in [1.29, 1.82) is 0 Å². The summed E-state index contributed by atoms with van der Waals surface area (Å²) in [6, 6.07) is 17.0. The predicted octanol–water partition coefficient (Wildman–Crippen LogP) is 4.98. The largest absolute Gasteiger partial charge is 0.489 e. The number of pyridine rings is 1. The molecule has 1 fully saturated rings. The van der Waals surface area contributed by atoms with Crippen LogP contribution in [0.5, 0.6) is 5.75 Å². The molecule has 1 aromatic heterocycles. The Morgan fingerprint density at radius 2 is 1.72 bits per heavy atom. The van der Waals surface area contributed by atoms with E-state index >= 15 is 0 Å². The smallest absolute Gasteiger partial charge is 0.119 e. The van der Waals surface area contributed by atoms with E-state index < -0.39 is 0 Å². The fourth-order valence-electron chi connectivity index (χ4n) is 3.49. The van der Waals surface area contributed by atoms with E-state index in [1.807, 2.05) is 18.3 Å². The van der Waals surface area contributed by atoms with Gasteiger partial charge in [-0.2, -0.15) is 0 Å². The average molecular weight is 332 g/mol. The maximum absolute atomic E-state index is 5.93. The number of hydrogen-bond acceptors (Lipinski definition) is 3. The van der Waals surface area contributed by atoms with Crippen molar-refractivity contribution >= 4 is 16.6 Å². The van der Waals surface area contributed by atoms with Crippen LogP contribution in [0.3, 0.4) is 0 Å². The summed E-state index contributed by atoms with van der Waals surface area (Å²) in [5.41, 5.74) is 4.84. The third-order valence-electron chi connectivity index (χ3n) is 4.97. The molecule has 0 radical (unpaired) electrons. The Hall–Kier alpha value is -2.55. The molecule has 0 atom stereocenters. The second-order valence-electron chi connectivity index (χ2n) is 6.66. The molecule has 3 heteroatoms. The van der Waals surface area contributed by atoms with Crippen LogP contribution in [0, 0.1) is 0 Å². The van der Waals surface area contributed by atoms with Gasteiger partial charge in [0.1, 0.15) is 12.4 Å². The van der Waals surface area contributed by atoms with E-state index in [9.17, 15) is 0 Å². The van der Waals surface area contributed by atoms with Crippen LogP contribution >= 0.6 is 0 Å². The average Bonchev–Trinajstić information content (AvgIpc) is 3.20. The highest BCUT2D eigenvalue weighted by Gasteiger charge is 2.15. The van der Waals surface area contributed by atoms with Crippen LogP contribution in [0.1, 0.15) is 30.9 Å². The topological polar surface area (TPSA) is 25.4 Å². The molecule has 2 aromatic carbocycles. The second-order valence-corrected chi connectivity index (χ2v) is 6.66. The molecule has 1 aliphatic heterocycles. The first-order chi connectivity index (χ1) is 12.3. The first kappa shape index (κ1) is 15.9. The van der Waals surface area contributed by atoms with Crippen LogP contribution in [-0.2, 0) is 13.0 Å². The molecule has 128 valence electrons. The van der Waals surface area contributed by atoms with Gasteiger partial charge in [0.25, 0.3) is 0 Å². The summed E-state index contributed by atoms with van der Waals surface area (Å²) >= 11 is 0. The van der Waals surface area contributed by atoms with Gasteiger partial charge >= 0.3 is 0 Å². The van der Waals surface area contributed by atoms with Gasteiger partial charge in [0.15, 0.2) is 0 Å². The van der Waals surface area contributed by atoms with Crippen molar-refractivity contribution in [2.45, 2.75) is 32.8 Å². The van der Waals surface area contributed by atoms with Crippen molar-refractivity contribution in [3.8, 4) is 5.75 Å². The third kappa shape index (κ3) is 3.46. The molecule has 0 unspecified atom stereocenters. The first-order valence-corrected chi connectivity index (χ1v) is 9.18. The van der Waals surface area contributed by atoms with E-state index in [4.69, 9.17) is 4.74 Å². The zero-order valence-electron chi connectivity index (χ0n) is 14.7. The highest BCUT2D eigenvalue weighted by molar-refractivity contribution is 5.92. The lowest BCUT2D eigenvalue weighted by Crippen LogP contribution is -2.17. The number of anilines is 1. The molecular formula is C22H24N2O. The minimum atomic E-state index is 0.567. The van der Waals surface area contributed by atoms with Crippen molar-refractivity contribution in [2.24, 2.45) is 0 Å². The van der Waals surface area contributed by atoms with Crippen LogP contribution in [0.4, 0.5) is 5.69 Å². The van der Waals surface area contributed by atoms with E-state index in [0.29, 0.717) is 6.61 Å². The molecule has 0 N–H and O–H groups in total. The summed E-state index contributed by atoms with van der Waals surface area (Å²) in [6.07, 6.45) is 5.54. The SMILES string of the molecule is CCc1ccc(OCc2ccc3c(N4CCCC4)ccnc3c2)cc1. The Morgan fingerprint density at radius 1 is 0.960 bits per heavy atom. The molecule has 1 saturated heterocycles. The van der Waals surface area contributed by atoms with Gasteiger partial charge in [-0.25, -0.2) is 0 Å². The minimum absolute atomic E-state index is 0.567. The van der Waals surface area contributed by atoms with Gasteiger partial charge in [-0.15, -0.1) is 0 Å². The molecule has 25 heavy (non-hydrogen) atoms. The van der Waals surface area contributed by atoms with E-state index in [0.717, 1.165) is 36.3 Å². The van der Waals surface area contributed by atoms with E-state index in [1.165, 1.54) is 29.5 Å². The predicted molar refractivity (Wildman–Crippen MR) is 103 cm³/mol. The number of aromatic nitrogens is 1. The number of ether oxygens (including phenoxy) is 1. The Balaban J connectivity index is 1.52. The van der Waals surface area contributed by atoms with E-state index in [2.05, 4.69) is 53.2 Å². The van der Waals surface area contributed by atoms with Gasteiger partial charge in [0, 0.05) is 30.4 Å². The van der Waals surface area contributed by atoms with Gasteiger partial charge in [-0.05, 0) is 54.7 Å². The zero-order valence-corrected chi connectivity index (χ0v) is 14.7. The lowest BCUT2D eigenvalue weighted by atomic mass is 10.1. The van der Waals surface area contributed by atoms with Crippen molar-refractivity contribution in [1.82, 2.24) is 4.98 Å². The van der Waals surface area contributed by atoms with Crippen LogP contribution in [0.15, 0.2) is 54.7 Å². The minimum Gasteiger partial charge on any atom is -0.489 e. The molecule has 2 heterocycles. The summed E-state index contributed by atoms with van der Waals surface area (Å²) < 4.78 is 5.93. The highest BCUT2D eigenvalue weighted by atomic mass is 16.5. The summed E-state index contributed by atoms with van der Waals surface area (Å²) in [5, 5.41) is 1.24. The molecular weight excluding hydrogens is 308 g/mol. The molecule has 1 aliphatic rings. The van der Waals surface area contributed by atoms with Gasteiger partial charge in [-0.1, -0.05) is 31.2 Å². The van der Waals surface area contributed by atoms with Crippen LogP contribution in [0.2, 0.25) is 0 Å². The van der Waals surface area contributed by atoms with Crippen LogP contribution in [0.25, 0.3) is 10.9 Å². The van der Waals surface area contributed by atoms with Crippen molar-refractivity contribution in [3.63, 3.8) is 0 Å². The molecule has 0 saturated carbocycles. The Morgan fingerprint density at radius 3 is 2.48 bits per heavy atom.